The summed E-state index contributed by atoms with van der Waals surface area (Å²) in [5, 5.41) is 0. The Morgan fingerprint density at radius 3 is 2.75 bits per heavy atom. The van der Waals surface area contributed by atoms with Gasteiger partial charge in [-0.3, -0.25) is 0 Å². The molecular formula is C13H17FO2. The zero-order valence-corrected chi connectivity index (χ0v) is 9.75. The van der Waals surface area contributed by atoms with Crippen molar-refractivity contribution < 1.29 is 13.9 Å². The summed E-state index contributed by atoms with van der Waals surface area (Å²) in [5.41, 5.74) is 1.01. The molecule has 1 aliphatic heterocycles. The monoisotopic (exact) mass is 224 g/mol. The molecule has 1 aromatic rings. The Morgan fingerprint density at radius 2 is 2.25 bits per heavy atom. The Labute approximate surface area is 95.4 Å². The van der Waals surface area contributed by atoms with E-state index in [0.717, 1.165) is 31.4 Å². The van der Waals surface area contributed by atoms with Crippen molar-refractivity contribution in [1.82, 2.24) is 0 Å². The third kappa shape index (κ3) is 2.35. The Morgan fingerprint density at radius 1 is 1.50 bits per heavy atom. The maximum atomic E-state index is 13.4. The number of benzene rings is 1. The lowest BCUT2D eigenvalue weighted by molar-refractivity contribution is -0.137. The van der Waals surface area contributed by atoms with Crippen molar-refractivity contribution in [3.63, 3.8) is 0 Å². The summed E-state index contributed by atoms with van der Waals surface area (Å²) in [5.74, 6) is 0.00883. The van der Waals surface area contributed by atoms with Gasteiger partial charge in [0.2, 0.25) is 0 Å². The molecule has 2 rings (SSSR count). The summed E-state index contributed by atoms with van der Waals surface area (Å²) < 4.78 is 23.8. The molecule has 1 aliphatic rings. The highest BCUT2D eigenvalue weighted by Crippen LogP contribution is 2.31. The first-order chi connectivity index (χ1) is 7.63. The molecule has 1 heterocycles. The summed E-state index contributed by atoms with van der Waals surface area (Å²) >= 11 is 0. The van der Waals surface area contributed by atoms with Crippen molar-refractivity contribution >= 4 is 0 Å². The van der Waals surface area contributed by atoms with E-state index >= 15 is 0 Å². The highest BCUT2D eigenvalue weighted by atomic mass is 19.1. The minimum absolute atomic E-state index is 0.0103. The average molecular weight is 224 g/mol. The molecule has 1 atom stereocenters. The van der Waals surface area contributed by atoms with Crippen LogP contribution in [-0.2, 0) is 11.2 Å². The topological polar surface area (TPSA) is 18.5 Å². The van der Waals surface area contributed by atoms with Crippen molar-refractivity contribution in [2.75, 3.05) is 13.7 Å². The number of halogens is 1. The van der Waals surface area contributed by atoms with Crippen LogP contribution in [0.1, 0.15) is 25.3 Å². The van der Waals surface area contributed by atoms with Crippen LogP contribution in [0.5, 0.6) is 5.75 Å². The highest BCUT2D eigenvalue weighted by Gasteiger charge is 2.32. The molecule has 2 nitrogen and oxygen atoms in total. The largest absolute Gasteiger partial charge is 0.494 e. The first kappa shape index (κ1) is 11.4. The van der Waals surface area contributed by atoms with Crippen LogP contribution in [0.25, 0.3) is 0 Å². The summed E-state index contributed by atoms with van der Waals surface area (Å²) in [6.07, 6.45) is 2.89. The van der Waals surface area contributed by atoms with E-state index in [9.17, 15) is 4.39 Å². The molecule has 0 spiro atoms. The number of ether oxygens (including phenoxy) is 2. The molecule has 0 bridgehead atoms. The second-order valence-electron chi connectivity index (χ2n) is 4.52. The smallest absolute Gasteiger partial charge is 0.165 e. The SMILES string of the molecule is COc1ccc(CCC2(C)CCO2)cc1F. The highest BCUT2D eigenvalue weighted by molar-refractivity contribution is 5.29. The van der Waals surface area contributed by atoms with Crippen LogP contribution in [0.15, 0.2) is 18.2 Å². The van der Waals surface area contributed by atoms with E-state index in [2.05, 4.69) is 6.92 Å². The van der Waals surface area contributed by atoms with Crippen molar-refractivity contribution in [2.24, 2.45) is 0 Å². The van der Waals surface area contributed by atoms with E-state index in [-0.39, 0.29) is 11.4 Å². The molecule has 0 aliphatic carbocycles. The molecule has 0 saturated carbocycles. The van der Waals surface area contributed by atoms with E-state index in [1.54, 1.807) is 12.1 Å². The number of hydrogen-bond acceptors (Lipinski definition) is 2. The van der Waals surface area contributed by atoms with Crippen molar-refractivity contribution in [2.45, 2.75) is 31.8 Å². The van der Waals surface area contributed by atoms with Gasteiger partial charge in [0.25, 0.3) is 0 Å². The second kappa shape index (κ2) is 4.42. The Kier molecular flexibility index (Phi) is 3.15. The molecule has 0 N–H and O–H groups in total. The normalized spacial score (nSPS) is 23.9. The van der Waals surface area contributed by atoms with Gasteiger partial charge < -0.3 is 9.47 Å². The minimum atomic E-state index is -0.292. The van der Waals surface area contributed by atoms with Crippen LogP contribution in [-0.4, -0.2) is 19.3 Å². The minimum Gasteiger partial charge on any atom is -0.494 e. The lowest BCUT2D eigenvalue weighted by Crippen LogP contribution is -2.40. The van der Waals surface area contributed by atoms with Gasteiger partial charge in [0.05, 0.1) is 19.3 Å². The molecule has 0 amide bonds. The number of aryl methyl sites for hydroxylation is 1. The molecule has 1 fully saturated rings. The molecule has 88 valence electrons. The van der Waals surface area contributed by atoms with Gasteiger partial charge in [-0.2, -0.15) is 0 Å². The average Bonchev–Trinajstić information content (AvgIpc) is 2.24. The Bertz CT molecular complexity index is 372. The molecule has 3 heteroatoms. The Balaban J connectivity index is 1.97. The Hall–Kier alpha value is -1.09. The van der Waals surface area contributed by atoms with Crippen LogP contribution in [0, 0.1) is 5.82 Å². The standard InChI is InChI=1S/C13H17FO2/c1-13(7-8-16-13)6-5-10-3-4-12(15-2)11(14)9-10/h3-4,9H,5-8H2,1-2H3. The molecule has 1 saturated heterocycles. The number of methoxy groups -OCH3 is 1. The van der Waals surface area contributed by atoms with E-state index in [4.69, 9.17) is 9.47 Å². The summed E-state index contributed by atoms with van der Waals surface area (Å²) in [7, 11) is 1.47. The molecule has 0 aromatic heterocycles. The second-order valence-corrected chi connectivity index (χ2v) is 4.52. The lowest BCUT2D eigenvalue weighted by Gasteiger charge is -2.38. The lowest BCUT2D eigenvalue weighted by atomic mass is 9.90. The zero-order chi connectivity index (χ0) is 11.6. The van der Waals surface area contributed by atoms with Gasteiger partial charge in [-0.15, -0.1) is 0 Å². The predicted octanol–water partition coefficient (Wildman–Crippen LogP) is 2.95. The fraction of sp³-hybridized carbons (Fsp3) is 0.538. The van der Waals surface area contributed by atoms with Crippen molar-refractivity contribution in [3.8, 4) is 5.75 Å². The number of hydrogen-bond donors (Lipinski definition) is 0. The molecule has 1 aromatic carbocycles. The van der Waals surface area contributed by atoms with Gasteiger partial charge in [-0.25, -0.2) is 4.39 Å². The first-order valence-corrected chi connectivity index (χ1v) is 5.59. The van der Waals surface area contributed by atoms with Crippen molar-refractivity contribution in [3.05, 3.63) is 29.6 Å². The molecule has 16 heavy (non-hydrogen) atoms. The van der Waals surface area contributed by atoms with Gasteiger partial charge >= 0.3 is 0 Å². The van der Waals surface area contributed by atoms with Crippen LogP contribution < -0.4 is 4.74 Å². The van der Waals surface area contributed by atoms with Gasteiger partial charge in [0.1, 0.15) is 0 Å². The van der Waals surface area contributed by atoms with Crippen LogP contribution in [0.4, 0.5) is 4.39 Å². The fourth-order valence-electron chi connectivity index (χ4n) is 1.92. The van der Waals surface area contributed by atoms with Crippen molar-refractivity contribution in [1.29, 1.82) is 0 Å². The summed E-state index contributed by atoms with van der Waals surface area (Å²) in [6.45, 7) is 2.96. The summed E-state index contributed by atoms with van der Waals surface area (Å²) in [6, 6.07) is 5.12. The molecule has 1 unspecified atom stereocenters. The third-order valence-corrected chi connectivity index (χ3v) is 3.24. The molecule has 0 radical (unpaired) electrons. The third-order valence-electron chi connectivity index (χ3n) is 3.24. The maximum Gasteiger partial charge on any atom is 0.165 e. The van der Waals surface area contributed by atoms with Crippen LogP contribution in [0.3, 0.4) is 0 Å². The van der Waals surface area contributed by atoms with Crippen LogP contribution >= 0.6 is 0 Å². The summed E-state index contributed by atoms with van der Waals surface area (Å²) in [4.78, 5) is 0. The maximum absolute atomic E-state index is 13.4. The van der Waals surface area contributed by atoms with Gasteiger partial charge in [0.15, 0.2) is 11.6 Å². The van der Waals surface area contributed by atoms with E-state index in [1.807, 2.05) is 6.07 Å². The van der Waals surface area contributed by atoms with Crippen LogP contribution in [0.2, 0.25) is 0 Å². The van der Waals surface area contributed by atoms with E-state index < -0.39 is 0 Å². The number of rotatable bonds is 4. The zero-order valence-electron chi connectivity index (χ0n) is 9.75. The van der Waals surface area contributed by atoms with Gasteiger partial charge in [-0.05, 0) is 43.9 Å². The fourth-order valence-corrected chi connectivity index (χ4v) is 1.92. The molecular weight excluding hydrogens is 207 g/mol. The predicted molar refractivity (Wildman–Crippen MR) is 60.2 cm³/mol. The van der Waals surface area contributed by atoms with Gasteiger partial charge in [0, 0.05) is 0 Å². The van der Waals surface area contributed by atoms with Gasteiger partial charge in [-0.1, -0.05) is 6.07 Å². The first-order valence-electron chi connectivity index (χ1n) is 5.59. The van der Waals surface area contributed by atoms with E-state index in [1.165, 1.54) is 7.11 Å². The quantitative estimate of drug-likeness (QED) is 0.782. The van der Waals surface area contributed by atoms with E-state index in [0.29, 0.717) is 5.75 Å².